The summed E-state index contributed by atoms with van der Waals surface area (Å²) in [6.45, 7) is 0.981. The van der Waals surface area contributed by atoms with Crippen molar-refractivity contribution in [2.75, 3.05) is 18.4 Å². The number of nitrogens with one attached hydrogen (secondary N) is 1. The molecule has 2 heterocycles. The number of piperidine rings is 1. The van der Waals surface area contributed by atoms with E-state index in [-0.39, 0.29) is 15.8 Å². The Labute approximate surface area is 145 Å². The van der Waals surface area contributed by atoms with Crippen LogP contribution < -0.4 is 5.32 Å². The smallest absolute Gasteiger partial charge is 0.258 e. The van der Waals surface area contributed by atoms with E-state index in [1.807, 2.05) is 0 Å². The fourth-order valence-corrected chi connectivity index (χ4v) is 4.64. The van der Waals surface area contributed by atoms with Gasteiger partial charge in [0.15, 0.2) is 0 Å². The zero-order chi connectivity index (χ0) is 17.2. The lowest BCUT2D eigenvalue weighted by atomic mass is 10.2. The van der Waals surface area contributed by atoms with Crippen LogP contribution in [0.2, 0.25) is 5.02 Å². The monoisotopic (exact) mass is 368 g/mol. The first-order chi connectivity index (χ1) is 11.5. The number of sulfonamides is 1. The number of hydrogen-bond donors (Lipinski definition) is 1. The fraction of sp³-hybridized carbons (Fsp3) is 0.312. The Hall–Kier alpha value is -1.83. The van der Waals surface area contributed by atoms with Crippen molar-refractivity contribution < 1.29 is 17.6 Å². The van der Waals surface area contributed by atoms with Gasteiger partial charge < -0.3 is 9.73 Å². The molecule has 0 atom stereocenters. The Morgan fingerprint density at radius 2 is 1.92 bits per heavy atom. The molecule has 0 saturated carbocycles. The SMILES string of the molecule is O=C(Nc1ccc(Cl)c(S(=O)(=O)N2CCCCC2)c1)c1ccoc1. The van der Waals surface area contributed by atoms with E-state index in [4.69, 9.17) is 16.0 Å². The molecule has 1 aliphatic rings. The maximum Gasteiger partial charge on any atom is 0.258 e. The lowest BCUT2D eigenvalue weighted by Crippen LogP contribution is -2.35. The van der Waals surface area contributed by atoms with Crippen LogP contribution in [-0.4, -0.2) is 31.7 Å². The number of benzene rings is 1. The van der Waals surface area contributed by atoms with Crippen molar-refractivity contribution in [2.45, 2.75) is 24.2 Å². The van der Waals surface area contributed by atoms with Crippen LogP contribution in [0.15, 0.2) is 46.1 Å². The van der Waals surface area contributed by atoms with Crippen molar-refractivity contribution >= 4 is 33.2 Å². The highest BCUT2D eigenvalue weighted by atomic mass is 35.5. The number of rotatable bonds is 4. The molecule has 2 aromatic rings. The van der Waals surface area contributed by atoms with E-state index in [1.165, 1.54) is 35.0 Å². The van der Waals surface area contributed by atoms with Crippen molar-refractivity contribution in [1.82, 2.24) is 4.31 Å². The van der Waals surface area contributed by atoms with Gasteiger partial charge in [-0.25, -0.2) is 8.42 Å². The van der Waals surface area contributed by atoms with Crippen LogP contribution in [0.4, 0.5) is 5.69 Å². The van der Waals surface area contributed by atoms with E-state index >= 15 is 0 Å². The van der Waals surface area contributed by atoms with E-state index in [2.05, 4.69) is 5.32 Å². The third-order valence-corrected chi connectivity index (χ3v) is 6.29. The van der Waals surface area contributed by atoms with Gasteiger partial charge in [0, 0.05) is 18.8 Å². The number of halogens is 1. The van der Waals surface area contributed by atoms with Gasteiger partial charge in [-0.05, 0) is 37.1 Å². The summed E-state index contributed by atoms with van der Waals surface area (Å²) in [7, 11) is -3.67. The first-order valence-corrected chi connectivity index (χ1v) is 9.43. The van der Waals surface area contributed by atoms with Crippen molar-refractivity contribution in [3.05, 3.63) is 47.4 Å². The van der Waals surface area contributed by atoms with Crippen molar-refractivity contribution in [3.8, 4) is 0 Å². The Balaban J connectivity index is 1.87. The van der Waals surface area contributed by atoms with Gasteiger partial charge in [0.2, 0.25) is 10.0 Å². The summed E-state index contributed by atoms with van der Waals surface area (Å²) in [5, 5.41) is 2.79. The normalized spacial score (nSPS) is 16.0. The van der Waals surface area contributed by atoms with E-state index in [9.17, 15) is 13.2 Å². The molecule has 128 valence electrons. The average molecular weight is 369 g/mol. The molecule has 1 N–H and O–H groups in total. The molecule has 1 fully saturated rings. The van der Waals surface area contributed by atoms with Gasteiger partial charge in [-0.15, -0.1) is 0 Å². The molecule has 0 unspecified atom stereocenters. The first-order valence-electron chi connectivity index (χ1n) is 7.62. The predicted octanol–water partition coefficient (Wildman–Crippen LogP) is 3.36. The molecule has 0 bridgehead atoms. The topological polar surface area (TPSA) is 79.6 Å². The molecule has 8 heteroatoms. The second-order valence-electron chi connectivity index (χ2n) is 5.58. The summed E-state index contributed by atoms with van der Waals surface area (Å²) in [4.78, 5) is 12.1. The first kappa shape index (κ1) is 17.0. The van der Waals surface area contributed by atoms with E-state index in [0.29, 0.717) is 24.3 Å². The van der Waals surface area contributed by atoms with Crippen LogP contribution in [0.25, 0.3) is 0 Å². The van der Waals surface area contributed by atoms with Crippen LogP contribution in [0.1, 0.15) is 29.6 Å². The van der Waals surface area contributed by atoms with Gasteiger partial charge in [0.05, 0.1) is 16.8 Å². The third kappa shape index (κ3) is 3.48. The number of carbonyl (C=O) groups is 1. The summed E-state index contributed by atoms with van der Waals surface area (Å²) >= 11 is 6.10. The Kier molecular flexibility index (Phi) is 4.93. The molecule has 1 amide bonds. The summed E-state index contributed by atoms with van der Waals surface area (Å²) < 4.78 is 31.9. The summed E-state index contributed by atoms with van der Waals surface area (Å²) in [6.07, 6.45) is 5.42. The van der Waals surface area contributed by atoms with E-state index in [0.717, 1.165) is 19.3 Å². The number of anilines is 1. The molecule has 1 aliphatic heterocycles. The van der Waals surface area contributed by atoms with Crippen molar-refractivity contribution in [1.29, 1.82) is 0 Å². The second kappa shape index (κ2) is 6.96. The number of amides is 1. The minimum Gasteiger partial charge on any atom is -0.472 e. The molecule has 6 nitrogen and oxygen atoms in total. The molecule has 1 aromatic heterocycles. The van der Waals surface area contributed by atoms with Gasteiger partial charge in [0.1, 0.15) is 11.2 Å². The molecular weight excluding hydrogens is 352 g/mol. The molecular formula is C16H17ClN2O4S. The minimum atomic E-state index is -3.67. The summed E-state index contributed by atoms with van der Waals surface area (Å²) in [6, 6.07) is 5.96. The van der Waals surface area contributed by atoms with Crippen molar-refractivity contribution in [2.24, 2.45) is 0 Å². The lowest BCUT2D eigenvalue weighted by Gasteiger charge is -2.26. The Bertz CT molecular complexity index is 828. The number of nitrogens with zero attached hydrogens (tertiary/aromatic N) is 1. The van der Waals surface area contributed by atoms with Crippen LogP contribution in [0.5, 0.6) is 0 Å². The van der Waals surface area contributed by atoms with Gasteiger partial charge in [-0.3, -0.25) is 4.79 Å². The van der Waals surface area contributed by atoms with Crippen molar-refractivity contribution in [3.63, 3.8) is 0 Å². The van der Waals surface area contributed by atoms with Gasteiger partial charge in [0.25, 0.3) is 5.91 Å². The number of furan rings is 1. The molecule has 3 rings (SSSR count). The van der Waals surface area contributed by atoms with Crippen LogP contribution in [0, 0.1) is 0 Å². The van der Waals surface area contributed by atoms with Gasteiger partial charge >= 0.3 is 0 Å². The maximum absolute atomic E-state index is 12.8. The van der Waals surface area contributed by atoms with Gasteiger partial charge in [-0.1, -0.05) is 18.0 Å². The maximum atomic E-state index is 12.8. The standard InChI is InChI=1S/C16H17ClN2O4S/c17-14-5-4-13(18-16(20)12-6-9-23-11-12)10-15(14)24(21,22)19-7-2-1-3-8-19/h4-6,9-11H,1-3,7-8H2,(H,18,20). The highest BCUT2D eigenvalue weighted by Gasteiger charge is 2.28. The Morgan fingerprint density at radius 1 is 1.17 bits per heavy atom. The highest BCUT2D eigenvalue weighted by Crippen LogP contribution is 2.29. The molecule has 1 saturated heterocycles. The molecule has 0 radical (unpaired) electrons. The van der Waals surface area contributed by atoms with Gasteiger partial charge in [-0.2, -0.15) is 4.31 Å². The summed E-state index contributed by atoms with van der Waals surface area (Å²) in [5.41, 5.74) is 0.714. The van der Waals surface area contributed by atoms with Crippen LogP contribution in [0.3, 0.4) is 0 Å². The highest BCUT2D eigenvalue weighted by molar-refractivity contribution is 7.89. The predicted molar refractivity (Wildman–Crippen MR) is 90.7 cm³/mol. The molecule has 24 heavy (non-hydrogen) atoms. The number of hydrogen-bond acceptors (Lipinski definition) is 4. The van der Waals surface area contributed by atoms with Crippen LogP contribution >= 0.6 is 11.6 Å². The fourth-order valence-electron chi connectivity index (χ4n) is 2.62. The zero-order valence-electron chi connectivity index (χ0n) is 12.9. The van der Waals surface area contributed by atoms with E-state index in [1.54, 1.807) is 6.07 Å². The number of carbonyl (C=O) groups excluding carboxylic acids is 1. The zero-order valence-corrected chi connectivity index (χ0v) is 14.4. The Morgan fingerprint density at radius 3 is 2.58 bits per heavy atom. The molecule has 0 aliphatic carbocycles. The van der Waals surface area contributed by atoms with E-state index < -0.39 is 10.0 Å². The molecule has 0 spiro atoms. The minimum absolute atomic E-state index is 0.0102. The van der Waals surface area contributed by atoms with Crippen LogP contribution in [-0.2, 0) is 10.0 Å². The third-order valence-electron chi connectivity index (χ3n) is 3.91. The quantitative estimate of drug-likeness (QED) is 0.897. The second-order valence-corrected chi connectivity index (χ2v) is 7.89. The largest absolute Gasteiger partial charge is 0.472 e. The average Bonchev–Trinajstić information content (AvgIpc) is 3.12. The molecule has 1 aromatic carbocycles. The summed E-state index contributed by atoms with van der Waals surface area (Å²) in [5.74, 6) is -0.382. The lowest BCUT2D eigenvalue weighted by molar-refractivity contribution is 0.102.